The molecular formula is C29H35F4N3O6S. The minimum atomic E-state index is -4.88. The molecule has 2 heterocycles. The van der Waals surface area contributed by atoms with Crippen molar-refractivity contribution in [3.8, 4) is 5.75 Å². The molecule has 2 aromatic rings. The number of carbonyl (C=O) groups is 1. The third-order valence-electron chi connectivity index (χ3n) is 7.11. The molecule has 2 saturated heterocycles. The molecule has 9 nitrogen and oxygen atoms in total. The van der Waals surface area contributed by atoms with Crippen molar-refractivity contribution in [3.63, 3.8) is 0 Å². The molecule has 0 bridgehead atoms. The lowest BCUT2D eigenvalue weighted by atomic mass is 9.87. The van der Waals surface area contributed by atoms with E-state index in [-0.39, 0.29) is 35.8 Å². The van der Waals surface area contributed by atoms with Crippen LogP contribution in [0.4, 0.5) is 22.4 Å². The first-order valence-corrected chi connectivity index (χ1v) is 15.4. The number of likely N-dealkylation sites (tertiary alicyclic amines) is 1. The topological polar surface area (TPSA) is 97.7 Å². The van der Waals surface area contributed by atoms with Crippen molar-refractivity contribution in [2.24, 2.45) is 11.1 Å². The molecule has 1 atom stereocenters. The van der Waals surface area contributed by atoms with E-state index in [0.717, 1.165) is 29.8 Å². The quantitative estimate of drug-likeness (QED) is 0.265. The fourth-order valence-corrected chi connectivity index (χ4v) is 6.39. The third kappa shape index (κ3) is 9.05. The highest BCUT2D eigenvalue weighted by molar-refractivity contribution is 7.89. The first-order chi connectivity index (χ1) is 20.1. The predicted octanol–water partition coefficient (Wildman–Crippen LogP) is 6.27. The van der Waals surface area contributed by atoms with E-state index in [2.05, 4.69) is 9.89 Å². The predicted molar refractivity (Wildman–Crippen MR) is 149 cm³/mol. The molecule has 0 aliphatic carbocycles. The van der Waals surface area contributed by atoms with Gasteiger partial charge in [-0.25, -0.2) is 17.6 Å². The Morgan fingerprint density at radius 1 is 0.930 bits per heavy atom. The van der Waals surface area contributed by atoms with Crippen molar-refractivity contribution in [2.75, 3.05) is 26.2 Å². The summed E-state index contributed by atoms with van der Waals surface area (Å²) in [7, 11) is -3.94. The number of rotatable bonds is 7. The van der Waals surface area contributed by atoms with Gasteiger partial charge in [-0.3, -0.25) is 0 Å². The number of halogens is 4. The minimum absolute atomic E-state index is 0.0155. The summed E-state index contributed by atoms with van der Waals surface area (Å²) < 4.78 is 87.6. The molecule has 236 valence electrons. The number of oxime groups is 1. The number of hydrogen-bond acceptors (Lipinski definition) is 7. The fraction of sp³-hybridized carbons (Fsp3) is 0.517. The van der Waals surface area contributed by atoms with Crippen LogP contribution in [0, 0.1) is 11.7 Å². The van der Waals surface area contributed by atoms with Gasteiger partial charge in [0.25, 0.3) is 0 Å². The van der Waals surface area contributed by atoms with Gasteiger partial charge in [0.2, 0.25) is 10.0 Å². The Balaban J connectivity index is 1.38. The normalized spacial score (nSPS) is 18.2. The van der Waals surface area contributed by atoms with Gasteiger partial charge in [0, 0.05) is 44.9 Å². The molecule has 0 N–H and O–H groups in total. The van der Waals surface area contributed by atoms with Gasteiger partial charge in [-0.1, -0.05) is 17.3 Å². The Labute approximate surface area is 248 Å². The van der Waals surface area contributed by atoms with Gasteiger partial charge in [-0.15, -0.1) is 13.2 Å². The number of ether oxygens (including phenoxy) is 2. The number of benzene rings is 2. The van der Waals surface area contributed by atoms with E-state index in [0.29, 0.717) is 44.5 Å². The van der Waals surface area contributed by atoms with Crippen LogP contribution in [0.15, 0.2) is 58.6 Å². The number of sulfonamides is 1. The van der Waals surface area contributed by atoms with E-state index in [1.807, 2.05) is 20.8 Å². The number of hydrogen-bond donors (Lipinski definition) is 0. The molecule has 2 fully saturated rings. The van der Waals surface area contributed by atoms with Crippen molar-refractivity contribution in [2.45, 2.75) is 69.4 Å². The molecule has 0 spiro atoms. The zero-order valence-electron chi connectivity index (χ0n) is 24.1. The first-order valence-electron chi connectivity index (χ1n) is 13.9. The molecule has 2 aliphatic heterocycles. The molecule has 1 amide bonds. The second kappa shape index (κ2) is 13.1. The van der Waals surface area contributed by atoms with Crippen LogP contribution in [0.25, 0.3) is 0 Å². The first kappa shape index (κ1) is 32.5. The van der Waals surface area contributed by atoms with E-state index in [1.54, 1.807) is 17.0 Å². The molecule has 1 unspecified atom stereocenters. The van der Waals surface area contributed by atoms with Crippen LogP contribution < -0.4 is 4.74 Å². The van der Waals surface area contributed by atoms with Crippen molar-refractivity contribution < 1.29 is 45.1 Å². The molecule has 2 aromatic carbocycles. The number of nitrogens with zero attached hydrogens (tertiary/aromatic N) is 3. The van der Waals surface area contributed by atoms with Gasteiger partial charge in [-0.05, 0) is 75.6 Å². The largest absolute Gasteiger partial charge is 0.573 e. The zero-order valence-corrected chi connectivity index (χ0v) is 25.0. The van der Waals surface area contributed by atoms with Gasteiger partial charge in [-0.2, -0.15) is 4.31 Å². The van der Waals surface area contributed by atoms with E-state index in [4.69, 9.17) is 9.57 Å². The molecular weight excluding hydrogens is 594 g/mol. The molecule has 43 heavy (non-hydrogen) atoms. The zero-order chi connectivity index (χ0) is 31.4. The second-order valence-corrected chi connectivity index (χ2v) is 13.4. The summed E-state index contributed by atoms with van der Waals surface area (Å²) in [6.45, 7) is 6.58. The van der Waals surface area contributed by atoms with Crippen molar-refractivity contribution in [1.82, 2.24) is 9.21 Å². The number of piperidine rings is 2. The summed E-state index contributed by atoms with van der Waals surface area (Å²) in [5.74, 6) is -0.911. The van der Waals surface area contributed by atoms with Crippen LogP contribution in [0.2, 0.25) is 0 Å². The summed E-state index contributed by atoms with van der Waals surface area (Å²) in [6.07, 6.45) is -3.94. The minimum Gasteiger partial charge on any atom is -0.444 e. The molecule has 0 aromatic heterocycles. The lowest BCUT2D eigenvalue weighted by molar-refractivity contribution is -0.274. The van der Waals surface area contributed by atoms with Crippen LogP contribution in [0.3, 0.4) is 0 Å². The Bertz CT molecular complexity index is 1380. The maximum absolute atomic E-state index is 13.7. The Morgan fingerprint density at radius 3 is 2.05 bits per heavy atom. The lowest BCUT2D eigenvalue weighted by Gasteiger charge is -2.36. The standard InChI is InChI=1S/C29H35F4N3O6S/c1-28(2,3)41-27(37)35-16-12-21(13-17-35)26(20-4-6-22(30)7-5-20)42-34-23-14-18-36(19-15-23)43(38,39)25-10-8-24(9-11-25)40-29(31,32)33/h4-11,21,26H,12-19H2,1-3H3. The molecule has 14 heteroatoms. The smallest absolute Gasteiger partial charge is 0.444 e. The summed E-state index contributed by atoms with van der Waals surface area (Å²) in [5.41, 5.74) is 0.785. The van der Waals surface area contributed by atoms with Crippen molar-refractivity contribution in [3.05, 3.63) is 59.9 Å². The number of amides is 1. The number of alkyl halides is 3. The van der Waals surface area contributed by atoms with Crippen molar-refractivity contribution in [1.29, 1.82) is 0 Å². The molecule has 4 rings (SSSR count). The van der Waals surface area contributed by atoms with Gasteiger partial charge < -0.3 is 19.2 Å². The van der Waals surface area contributed by atoms with Gasteiger partial charge in [0.1, 0.15) is 17.2 Å². The maximum atomic E-state index is 13.7. The Hall–Kier alpha value is -3.39. The van der Waals surface area contributed by atoms with Crippen LogP contribution in [-0.2, 0) is 19.6 Å². The van der Waals surface area contributed by atoms with Crippen LogP contribution in [-0.4, -0.2) is 67.6 Å². The highest BCUT2D eigenvalue weighted by Gasteiger charge is 2.34. The lowest BCUT2D eigenvalue weighted by Crippen LogP contribution is -2.42. The van der Waals surface area contributed by atoms with Crippen LogP contribution in [0.5, 0.6) is 5.75 Å². The number of carbonyl (C=O) groups excluding carboxylic acids is 1. The fourth-order valence-electron chi connectivity index (χ4n) is 4.95. The van der Waals surface area contributed by atoms with E-state index >= 15 is 0 Å². The van der Waals surface area contributed by atoms with Crippen molar-refractivity contribution >= 4 is 21.8 Å². The highest BCUT2D eigenvalue weighted by Crippen LogP contribution is 2.35. The van der Waals surface area contributed by atoms with Crippen LogP contribution in [0.1, 0.15) is 58.1 Å². The summed E-state index contributed by atoms with van der Waals surface area (Å²) in [5, 5.41) is 4.37. The summed E-state index contributed by atoms with van der Waals surface area (Å²) in [6, 6.07) is 10.0. The van der Waals surface area contributed by atoms with E-state index < -0.39 is 33.8 Å². The van der Waals surface area contributed by atoms with Gasteiger partial charge in [0.15, 0.2) is 6.10 Å². The second-order valence-electron chi connectivity index (χ2n) is 11.5. The average Bonchev–Trinajstić information content (AvgIpc) is 2.93. The van der Waals surface area contributed by atoms with E-state index in [1.165, 1.54) is 16.4 Å². The molecule has 0 saturated carbocycles. The Kier molecular flexibility index (Phi) is 9.90. The highest BCUT2D eigenvalue weighted by atomic mass is 32.2. The third-order valence-corrected chi connectivity index (χ3v) is 9.02. The maximum Gasteiger partial charge on any atom is 0.573 e. The van der Waals surface area contributed by atoms with Gasteiger partial charge in [0.05, 0.1) is 10.6 Å². The van der Waals surface area contributed by atoms with Gasteiger partial charge >= 0.3 is 12.5 Å². The molecule has 2 aliphatic rings. The average molecular weight is 630 g/mol. The Morgan fingerprint density at radius 2 is 1.51 bits per heavy atom. The summed E-state index contributed by atoms with van der Waals surface area (Å²) in [4.78, 5) is 20.0. The van der Waals surface area contributed by atoms with E-state index in [9.17, 15) is 30.8 Å². The van der Waals surface area contributed by atoms with Crippen LogP contribution >= 0.6 is 0 Å². The SMILES string of the molecule is CC(C)(C)OC(=O)N1CCC(C(ON=C2CCN(S(=O)(=O)c3ccc(OC(F)(F)F)cc3)CC2)c2ccc(F)cc2)CC1. The monoisotopic (exact) mass is 629 g/mol. The summed E-state index contributed by atoms with van der Waals surface area (Å²) >= 11 is 0. The molecule has 0 radical (unpaired) electrons.